The highest BCUT2D eigenvalue weighted by Crippen LogP contribution is 2.27. The highest BCUT2D eigenvalue weighted by atomic mass is 16.5. The van der Waals surface area contributed by atoms with Gasteiger partial charge in [-0.05, 0) is 37.6 Å². The molecule has 0 aliphatic rings. The third kappa shape index (κ3) is 3.31. The molecule has 6 heteroatoms. The number of ether oxygens (including phenoxy) is 1. The van der Waals surface area contributed by atoms with Crippen LogP contribution in [0.1, 0.15) is 16.8 Å². The maximum Gasteiger partial charge on any atom is 0.222 e. The highest BCUT2D eigenvalue weighted by molar-refractivity contribution is 5.45. The van der Waals surface area contributed by atoms with Gasteiger partial charge in [-0.3, -0.25) is 4.98 Å². The highest BCUT2D eigenvalue weighted by Gasteiger charge is 2.16. The maximum absolute atomic E-state index is 5.96. The molecule has 3 heterocycles. The molecule has 0 unspecified atom stereocenters. The summed E-state index contributed by atoms with van der Waals surface area (Å²) in [4.78, 5) is 8.43. The molecule has 0 aliphatic carbocycles. The summed E-state index contributed by atoms with van der Waals surface area (Å²) in [7, 11) is 1.87. The van der Waals surface area contributed by atoms with Crippen molar-refractivity contribution in [2.45, 2.75) is 20.4 Å². The monoisotopic (exact) mass is 309 g/mol. The van der Waals surface area contributed by atoms with Gasteiger partial charge in [0.05, 0.1) is 17.5 Å². The van der Waals surface area contributed by atoms with Gasteiger partial charge >= 0.3 is 0 Å². The summed E-state index contributed by atoms with van der Waals surface area (Å²) in [5, 5.41) is 7.80. The number of rotatable bonds is 5. The molecule has 0 aliphatic heterocycles. The van der Waals surface area contributed by atoms with E-state index >= 15 is 0 Å². The van der Waals surface area contributed by atoms with E-state index in [0.29, 0.717) is 18.2 Å². The molecule has 6 nitrogen and oxygen atoms in total. The first kappa shape index (κ1) is 15.0. The van der Waals surface area contributed by atoms with Crippen LogP contribution in [0.25, 0.3) is 0 Å². The van der Waals surface area contributed by atoms with Crippen molar-refractivity contribution in [2.75, 3.05) is 5.32 Å². The predicted octanol–water partition coefficient (Wildman–Crippen LogP) is 3.23. The van der Waals surface area contributed by atoms with Gasteiger partial charge in [0.15, 0.2) is 0 Å². The van der Waals surface area contributed by atoms with Crippen molar-refractivity contribution in [1.29, 1.82) is 0 Å². The van der Waals surface area contributed by atoms with Crippen molar-refractivity contribution >= 4 is 5.82 Å². The molecule has 3 rings (SSSR count). The van der Waals surface area contributed by atoms with E-state index in [4.69, 9.17) is 4.74 Å². The van der Waals surface area contributed by atoms with Crippen LogP contribution >= 0.6 is 0 Å². The van der Waals surface area contributed by atoms with Crippen LogP contribution in [0.4, 0.5) is 5.82 Å². The normalized spacial score (nSPS) is 10.6. The minimum atomic E-state index is 0.590. The maximum atomic E-state index is 5.96. The number of aryl methyl sites for hydroxylation is 3. The van der Waals surface area contributed by atoms with Crippen LogP contribution in [0.5, 0.6) is 11.6 Å². The van der Waals surface area contributed by atoms with Gasteiger partial charge in [0.25, 0.3) is 0 Å². The number of hydrogen-bond donors (Lipinski definition) is 1. The minimum Gasteiger partial charge on any atom is -0.437 e. The van der Waals surface area contributed by atoms with E-state index < -0.39 is 0 Å². The smallest absolute Gasteiger partial charge is 0.222 e. The van der Waals surface area contributed by atoms with Crippen molar-refractivity contribution in [3.05, 3.63) is 59.7 Å². The molecule has 0 saturated carbocycles. The van der Waals surface area contributed by atoms with Gasteiger partial charge < -0.3 is 10.1 Å². The van der Waals surface area contributed by atoms with E-state index in [2.05, 4.69) is 20.4 Å². The predicted molar refractivity (Wildman–Crippen MR) is 88.6 cm³/mol. The Morgan fingerprint density at radius 3 is 2.74 bits per heavy atom. The second-order valence-electron chi connectivity index (χ2n) is 5.31. The van der Waals surface area contributed by atoms with Crippen LogP contribution in [0.15, 0.2) is 42.9 Å². The van der Waals surface area contributed by atoms with Crippen molar-refractivity contribution in [3.63, 3.8) is 0 Å². The van der Waals surface area contributed by atoms with E-state index in [0.717, 1.165) is 22.6 Å². The van der Waals surface area contributed by atoms with E-state index in [9.17, 15) is 0 Å². The van der Waals surface area contributed by atoms with Crippen LogP contribution in [0.2, 0.25) is 0 Å². The Hall–Kier alpha value is -2.89. The fourth-order valence-electron chi connectivity index (χ4n) is 2.37. The Morgan fingerprint density at radius 1 is 1.17 bits per heavy atom. The van der Waals surface area contributed by atoms with Gasteiger partial charge in [0, 0.05) is 26.0 Å². The Kier molecular flexibility index (Phi) is 4.23. The van der Waals surface area contributed by atoms with Gasteiger partial charge in [-0.2, -0.15) is 5.10 Å². The minimum absolute atomic E-state index is 0.590. The summed E-state index contributed by atoms with van der Waals surface area (Å²) < 4.78 is 7.70. The molecule has 3 aromatic rings. The summed E-state index contributed by atoms with van der Waals surface area (Å²) in [6.45, 7) is 4.59. The molecule has 0 spiro atoms. The van der Waals surface area contributed by atoms with Crippen LogP contribution < -0.4 is 10.1 Å². The number of anilines is 1. The third-order valence-electron chi connectivity index (χ3n) is 3.58. The molecule has 1 N–H and O–H groups in total. The molecule has 0 fully saturated rings. The lowest BCUT2D eigenvalue weighted by Crippen LogP contribution is -2.05. The number of aromatic nitrogens is 4. The van der Waals surface area contributed by atoms with Gasteiger partial charge in [0.1, 0.15) is 11.6 Å². The second-order valence-corrected chi connectivity index (χ2v) is 5.31. The van der Waals surface area contributed by atoms with E-state index in [1.807, 2.05) is 45.2 Å². The van der Waals surface area contributed by atoms with Crippen molar-refractivity contribution in [3.8, 4) is 11.6 Å². The van der Waals surface area contributed by atoms with Gasteiger partial charge in [-0.1, -0.05) is 6.07 Å². The van der Waals surface area contributed by atoms with Gasteiger partial charge in [-0.15, -0.1) is 0 Å². The zero-order valence-corrected chi connectivity index (χ0v) is 13.4. The summed E-state index contributed by atoms with van der Waals surface area (Å²) >= 11 is 0. The molecular formula is C17H19N5O. The zero-order chi connectivity index (χ0) is 16.2. The molecule has 0 saturated heterocycles. The van der Waals surface area contributed by atoms with Crippen molar-refractivity contribution in [1.82, 2.24) is 19.7 Å². The molecule has 0 aromatic carbocycles. The standard InChI is InChI=1S/C17H19N5O/c1-12-6-4-9-19-16(12)20-11-15-13(2)21-22(3)17(15)23-14-7-5-8-18-10-14/h4-10H,11H2,1-3H3,(H,19,20). The quantitative estimate of drug-likeness (QED) is 0.784. The van der Waals surface area contributed by atoms with E-state index in [1.54, 1.807) is 23.3 Å². The number of nitrogens with one attached hydrogen (secondary N) is 1. The zero-order valence-electron chi connectivity index (χ0n) is 13.4. The average molecular weight is 309 g/mol. The van der Waals surface area contributed by atoms with Crippen LogP contribution in [-0.2, 0) is 13.6 Å². The fraction of sp³-hybridized carbons (Fsp3) is 0.235. The first-order valence-electron chi connectivity index (χ1n) is 7.41. The Labute approximate surface area is 135 Å². The molecule has 0 atom stereocenters. The molecule has 3 aromatic heterocycles. The summed E-state index contributed by atoms with van der Waals surface area (Å²) in [6.07, 6.45) is 5.18. The summed E-state index contributed by atoms with van der Waals surface area (Å²) in [6, 6.07) is 7.66. The lowest BCUT2D eigenvalue weighted by Gasteiger charge is -2.11. The molecule has 0 bridgehead atoms. The largest absolute Gasteiger partial charge is 0.437 e. The molecule has 118 valence electrons. The van der Waals surface area contributed by atoms with Crippen molar-refractivity contribution in [2.24, 2.45) is 7.05 Å². The number of hydrogen-bond acceptors (Lipinski definition) is 5. The second kappa shape index (κ2) is 6.48. The molecule has 0 amide bonds. The average Bonchev–Trinajstić information content (AvgIpc) is 2.81. The third-order valence-corrected chi connectivity index (χ3v) is 3.58. The molecular weight excluding hydrogens is 290 g/mol. The SMILES string of the molecule is Cc1cccnc1NCc1c(C)nn(C)c1Oc1cccnc1. The summed E-state index contributed by atoms with van der Waals surface area (Å²) in [5.74, 6) is 2.26. The lowest BCUT2D eigenvalue weighted by atomic mass is 10.2. The number of nitrogens with zero attached hydrogens (tertiary/aromatic N) is 4. The van der Waals surface area contributed by atoms with Crippen LogP contribution in [0, 0.1) is 13.8 Å². The first-order valence-corrected chi connectivity index (χ1v) is 7.41. The fourth-order valence-corrected chi connectivity index (χ4v) is 2.37. The Balaban J connectivity index is 1.83. The van der Waals surface area contributed by atoms with Gasteiger partial charge in [-0.25, -0.2) is 9.67 Å². The first-order chi connectivity index (χ1) is 11.1. The molecule has 0 radical (unpaired) electrons. The Bertz CT molecular complexity index is 798. The topological polar surface area (TPSA) is 64.9 Å². The Morgan fingerprint density at radius 2 is 2.00 bits per heavy atom. The van der Waals surface area contributed by atoms with E-state index in [-0.39, 0.29) is 0 Å². The van der Waals surface area contributed by atoms with E-state index in [1.165, 1.54) is 0 Å². The lowest BCUT2D eigenvalue weighted by molar-refractivity contribution is 0.425. The number of pyridine rings is 2. The van der Waals surface area contributed by atoms with Crippen molar-refractivity contribution < 1.29 is 4.74 Å². The van der Waals surface area contributed by atoms with Crippen LogP contribution in [-0.4, -0.2) is 19.7 Å². The molecule has 23 heavy (non-hydrogen) atoms. The summed E-state index contributed by atoms with van der Waals surface area (Å²) in [5.41, 5.74) is 3.03. The van der Waals surface area contributed by atoms with Gasteiger partial charge in [0.2, 0.25) is 5.88 Å². The van der Waals surface area contributed by atoms with Crippen LogP contribution in [0.3, 0.4) is 0 Å².